The van der Waals surface area contributed by atoms with Gasteiger partial charge in [0.15, 0.2) is 0 Å². The van der Waals surface area contributed by atoms with Crippen molar-refractivity contribution in [1.82, 2.24) is 14.9 Å². The van der Waals surface area contributed by atoms with Gasteiger partial charge in [0.1, 0.15) is 11.6 Å². The van der Waals surface area contributed by atoms with Gasteiger partial charge in [-0.2, -0.15) is 0 Å². The van der Waals surface area contributed by atoms with Crippen LogP contribution in [0.5, 0.6) is 0 Å². The fourth-order valence-corrected chi connectivity index (χ4v) is 2.15. The Morgan fingerprint density at radius 2 is 2.26 bits per heavy atom. The number of nitrogens with zero attached hydrogens (tertiary/aromatic N) is 3. The number of aryl methyl sites for hydroxylation is 1. The van der Waals surface area contributed by atoms with E-state index in [1.165, 1.54) is 34.6 Å². The van der Waals surface area contributed by atoms with Crippen LogP contribution in [-0.2, 0) is 0 Å². The number of benzene rings is 1. The second-order valence-electron chi connectivity index (χ2n) is 3.75. The summed E-state index contributed by atoms with van der Waals surface area (Å²) < 4.78 is 14.6. The topological polar surface area (TPSA) is 59.8 Å². The van der Waals surface area contributed by atoms with Crippen molar-refractivity contribution < 1.29 is 9.18 Å². The van der Waals surface area contributed by atoms with Gasteiger partial charge < -0.3 is 0 Å². The molecule has 0 saturated heterocycles. The number of carbonyl (C=O) groups excluding carboxylic acids is 1. The van der Waals surface area contributed by atoms with Crippen molar-refractivity contribution in [2.75, 3.05) is 11.2 Å². The van der Waals surface area contributed by atoms with E-state index in [0.717, 1.165) is 5.75 Å². The first-order valence-corrected chi connectivity index (χ1v) is 6.72. The van der Waals surface area contributed by atoms with Crippen LogP contribution < -0.4 is 5.43 Å². The van der Waals surface area contributed by atoms with Crippen LogP contribution in [0.25, 0.3) is 0 Å². The van der Waals surface area contributed by atoms with Gasteiger partial charge in [0, 0.05) is 5.56 Å². The van der Waals surface area contributed by atoms with E-state index in [9.17, 15) is 9.18 Å². The molecule has 0 fully saturated rings. The van der Waals surface area contributed by atoms with Gasteiger partial charge in [0.05, 0.1) is 0 Å². The maximum atomic E-state index is 13.1. The van der Waals surface area contributed by atoms with Crippen LogP contribution in [0.2, 0.25) is 0 Å². The number of carbonyl (C=O) groups is 1. The predicted molar refractivity (Wildman–Crippen MR) is 71.2 cm³/mol. The molecule has 100 valence electrons. The Morgan fingerprint density at radius 1 is 1.47 bits per heavy atom. The monoisotopic (exact) mass is 280 g/mol. The Hall–Kier alpha value is -1.89. The molecule has 1 N–H and O–H groups in total. The number of halogens is 1. The summed E-state index contributed by atoms with van der Waals surface area (Å²) in [5.74, 6) is 0.533. The third kappa shape index (κ3) is 3.11. The summed E-state index contributed by atoms with van der Waals surface area (Å²) in [6.07, 6.45) is 0. The number of hydrogen-bond acceptors (Lipinski definition) is 4. The number of amides is 1. The highest BCUT2D eigenvalue weighted by Gasteiger charge is 2.13. The van der Waals surface area contributed by atoms with Gasteiger partial charge in [-0.25, -0.2) is 9.07 Å². The molecule has 0 saturated carbocycles. The quantitative estimate of drug-likeness (QED) is 0.872. The molecular weight excluding hydrogens is 267 g/mol. The second kappa shape index (κ2) is 5.83. The average molecular weight is 280 g/mol. The minimum atomic E-state index is -0.448. The number of nitrogens with one attached hydrogen (secondary N) is 1. The molecule has 0 atom stereocenters. The first kappa shape index (κ1) is 13.5. The summed E-state index contributed by atoms with van der Waals surface area (Å²) in [6.45, 7) is 3.71. The van der Waals surface area contributed by atoms with Crippen molar-refractivity contribution in [3.05, 3.63) is 41.5 Å². The number of hydrogen-bond donors (Lipinski definition) is 1. The van der Waals surface area contributed by atoms with E-state index in [4.69, 9.17) is 0 Å². The van der Waals surface area contributed by atoms with E-state index in [-0.39, 0.29) is 5.56 Å². The molecular formula is C12H13FN4OS. The SMILES string of the molecule is CCSc1nnc(C)n1NC(=O)c1cccc(F)c1. The normalized spacial score (nSPS) is 10.5. The molecule has 1 amide bonds. The van der Waals surface area contributed by atoms with Gasteiger partial charge in [0.2, 0.25) is 5.16 Å². The standard InChI is InChI=1S/C12H13FN4OS/c1-3-19-12-15-14-8(2)17(12)16-11(18)9-5-4-6-10(13)7-9/h4-7H,3H2,1-2H3,(H,16,18). The summed E-state index contributed by atoms with van der Waals surface area (Å²) in [5.41, 5.74) is 2.90. The van der Waals surface area contributed by atoms with Crippen molar-refractivity contribution in [2.24, 2.45) is 0 Å². The molecule has 7 heteroatoms. The maximum Gasteiger partial charge on any atom is 0.270 e. The lowest BCUT2D eigenvalue weighted by molar-refractivity contribution is 0.100. The highest BCUT2D eigenvalue weighted by molar-refractivity contribution is 7.99. The second-order valence-corrected chi connectivity index (χ2v) is 4.98. The molecule has 5 nitrogen and oxygen atoms in total. The molecule has 0 bridgehead atoms. The lowest BCUT2D eigenvalue weighted by Gasteiger charge is -2.09. The van der Waals surface area contributed by atoms with Gasteiger partial charge in [-0.1, -0.05) is 24.8 Å². The lowest BCUT2D eigenvalue weighted by atomic mass is 10.2. The summed E-state index contributed by atoms with van der Waals surface area (Å²) in [6, 6.07) is 5.51. The largest absolute Gasteiger partial charge is 0.270 e. The van der Waals surface area contributed by atoms with Crippen molar-refractivity contribution >= 4 is 17.7 Å². The Morgan fingerprint density at radius 3 is 2.95 bits per heavy atom. The third-order valence-corrected chi connectivity index (χ3v) is 3.18. The van der Waals surface area contributed by atoms with Gasteiger partial charge in [0.25, 0.3) is 5.91 Å². The highest BCUT2D eigenvalue weighted by Crippen LogP contribution is 2.15. The van der Waals surface area contributed by atoms with Crippen LogP contribution in [0, 0.1) is 12.7 Å². The van der Waals surface area contributed by atoms with Gasteiger partial charge in [-0.15, -0.1) is 10.2 Å². The lowest BCUT2D eigenvalue weighted by Crippen LogP contribution is -2.24. The van der Waals surface area contributed by atoms with Gasteiger partial charge >= 0.3 is 0 Å². The summed E-state index contributed by atoms with van der Waals surface area (Å²) >= 11 is 1.46. The van der Waals surface area contributed by atoms with Crippen LogP contribution in [0.3, 0.4) is 0 Å². The van der Waals surface area contributed by atoms with E-state index in [0.29, 0.717) is 11.0 Å². The Kier molecular flexibility index (Phi) is 4.16. The van der Waals surface area contributed by atoms with Crippen LogP contribution in [0.4, 0.5) is 4.39 Å². The fourth-order valence-electron chi connectivity index (χ4n) is 1.49. The zero-order valence-electron chi connectivity index (χ0n) is 10.6. The van der Waals surface area contributed by atoms with Gasteiger partial charge in [-0.3, -0.25) is 10.2 Å². The molecule has 19 heavy (non-hydrogen) atoms. The molecule has 0 radical (unpaired) electrons. The molecule has 0 spiro atoms. The molecule has 1 aromatic heterocycles. The Labute approximate surface area is 114 Å². The van der Waals surface area contributed by atoms with Crippen LogP contribution in [0.15, 0.2) is 29.4 Å². The highest BCUT2D eigenvalue weighted by atomic mass is 32.2. The predicted octanol–water partition coefficient (Wildman–Crippen LogP) is 2.22. The minimum Gasteiger partial charge on any atom is -0.267 e. The van der Waals surface area contributed by atoms with Crippen molar-refractivity contribution in [2.45, 2.75) is 19.0 Å². The Balaban J connectivity index is 2.21. The van der Waals surface area contributed by atoms with E-state index in [1.54, 1.807) is 13.0 Å². The molecule has 0 aliphatic carbocycles. The first-order chi connectivity index (χ1) is 9.11. The minimum absolute atomic E-state index is 0.251. The molecule has 0 aliphatic heterocycles. The van der Waals surface area contributed by atoms with Gasteiger partial charge in [-0.05, 0) is 30.9 Å². The fraction of sp³-hybridized carbons (Fsp3) is 0.250. The number of thioether (sulfide) groups is 1. The van der Waals surface area contributed by atoms with Crippen LogP contribution in [0.1, 0.15) is 23.1 Å². The number of rotatable bonds is 4. The zero-order valence-corrected chi connectivity index (χ0v) is 11.4. The molecule has 0 aliphatic rings. The summed E-state index contributed by atoms with van der Waals surface area (Å²) in [4.78, 5) is 12.0. The molecule has 2 aromatic rings. The Bertz CT molecular complexity index is 599. The summed E-state index contributed by atoms with van der Waals surface area (Å²) in [5, 5.41) is 8.46. The van der Waals surface area contributed by atoms with E-state index >= 15 is 0 Å². The van der Waals surface area contributed by atoms with Crippen LogP contribution in [-0.4, -0.2) is 26.5 Å². The van der Waals surface area contributed by atoms with E-state index in [1.807, 2.05) is 6.92 Å². The third-order valence-electron chi connectivity index (χ3n) is 2.37. The number of aromatic nitrogens is 3. The zero-order chi connectivity index (χ0) is 13.8. The smallest absolute Gasteiger partial charge is 0.267 e. The van der Waals surface area contributed by atoms with Crippen molar-refractivity contribution in [3.63, 3.8) is 0 Å². The molecule has 1 heterocycles. The van der Waals surface area contributed by atoms with Crippen molar-refractivity contribution in [3.8, 4) is 0 Å². The van der Waals surface area contributed by atoms with Crippen LogP contribution >= 0.6 is 11.8 Å². The average Bonchev–Trinajstić information content (AvgIpc) is 2.72. The molecule has 1 aromatic carbocycles. The van der Waals surface area contributed by atoms with E-state index in [2.05, 4.69) is 15.6 Å². The first-order valence-electron chi connectivity index (χ1n) is 5.73. The van der Waals surface area contributed by atoms with Crippen molar-refractivity contribution in [1.29, 1.82) is 0 Å². The summed E-state index contributed by atoms with van der Waals surface area (Å²) in [7, 11) is 0. The maximum absolute atomic E-state index is 13.1. The molecule has 0 unspecified atom stereocenters. The van der Waals surface area contributed by atoms with E-state index < -0.39 is 11.7 Å². The molecule has 2 rings (SSSR count).